The largest absolute Gasteiger partial charge is 0.478 e. The smallest absolute Gasteiger partial charge is 0.343 e. The van der Waals surface area contributed by atoms with Crippen LogP contribution in [0.25, 0.3) is 0 Å². The highest BCUT2D eigenvalue weighted by Crippen LogP contribution is 2.10. The van der Waals surface area contributed by atoms with Gasteiger partial charge < -0.3 is 9.84 Å². The molecule has 0 unspecified atom stereocenters. The minimum absolute atomic E-state index is 0.0138. The minimum Gasteiger partial charge on any atom is -0.478 e. The van der Waals surface area contributed by atoms with Gasteiger partial charge in [-0.05, 0) is 12.1 Å². The summed E-state index contributed by atoms with van der Waals surface area (Å²) in [4.78, 5) is 21.9. The summed E-state index contributed by atoms with van der Waals surface area (Å²) in [5.74, 6) is -1.89. The van der Waals surface area contributed by atoms with Crippen LogP contribution < -0.4 is 0 Å². The number of carboxylic acids is 1. The van der Waals surface area contributed by atoms with Crippen molar-refractivity contribution in [2.24, 2.45) is 0 Å². The van der Waals surface area contributed by atoms with E-state index in [2.05, 4.69) is 11.3 Å². The summed E-state index contributed by atoms with van der Waals surface area (Å²) >= 11 is 0. The molecule has 102 valence electrons. The number of benzene rings is 2. The summed E-state index contributed by atoms with van der Waals surface area (Å²) in [7, 11) is 0. The van der Waals surface area contributed by atoms with E-state index in [4.69, 9.17) is 5.11 Å². The molecule has 0 heterocycles. The fourth-order valence-corrected chi connectivity index (χ4v) is 1.37. The van der Waals surface area contributed by atoms with Crippen molar-refractivity contribution in [3.05, 3.63) is 84.6 Å². The summed E-state index contributed by atoms with van der Waals surface area (Å²) in [6, 6.07) is 17.8. The normalized spacial score (nSPS) is 8.80. The Balaban J connectivity index is 0.000000276. The van der Waals surface area contributed by atoms with Crippen molar-refractivity contribution in [3.8, 4) is 0 Å². The number of hydrogen-bond donors (Lipinski definition) is 1. The van der Waals surface area contributed by atoms with Gasteiger partial charge in [-0.1, -0.05) is 55.1 Å². The molecule has 0 saturated heterocycles. The van der Waals surface area contributed by atoms with Crippen LogP contribution in [0.3, 0.4) is 0 Å². The number of carboxylic acid groups (broad SMARTS) is 1. The van der Waals surface area contributed by atoms with Gasteiger partial charge in [0.2, 0.25) is 0 Å². The first-order valence-electron chi connectivity index (χ1n) is 5.81. The predicted octanol–water partition coefficient (Wildman–Crippen LogP) is 3.37. The quantitative estimate of drug-likeness (QED) is 0.686. The average Bonchev–Trinajstić information content (AvgIpc) is 2.50. The Bertz CT molecular complexity index is 549. The lowest BCUT2D eigenvalue weighted by molar-refractivity contribution is 0.0632. The molecule has 0 spiro atoms. The molecule has 2 aromatic carbocycles. The molecule has 0 bridgehead atoms. The maximum atomic E-state index is 11.2. The highest BCUT2D eigenvalue weighted by molar-refractivity contribution is 6.02. The van der Waals surface area contributed by atoms with Crippen molar-refractivity contribution in [3.63, 3.8) is 0 Å². The molecule has 0 aliphatic carbocycles. The third-order valence-electron chi connectivity index (χ3n) is 2.23. The van der Waals surface area contributed by atoms with Gasteiger partial charge in [0.05, 0.1) is 17.4 Å². The molecule has 0 aliphatic rings. The molecule has 4 nitrogen and oxygen atoms in total. The Hall–Kier alpha value is -2.88. The summed E-state index contributed by atoms with van der Waals surface area (Å²) < 4.78 is 4.48. The number of aromatic carboxylic acids is 1. The number of esters is 1. The number of ether oxygens (including phenoxy) is 1. The summed E-state index contributed by atoms with van der Waals surface area (Å²) in [5, 5.41) is 8.75. The van der Waals surface area contributed by atoms with Crippen LogP contribution in [0.5, 0.6) is 0 Å². The fourth-order valence-electron chi connectivity index (χ4n) is 1.37. The Morgan fingerprint density at radius 3 is 1.75 bits per heavy atom. The molecule has 2 aromatic rings. The molecule has 0 fully saturated rings. The van der Waals surface area contributed by atoms with E-state index in [1.54, 1.807) is 6.07 Å². The van der Waals surface area contributed by atoms with Gasteiger partial charge in [0.1, 0.15) is 0 Å². The minimum atomic E-state index is -1.17. The molecule has 1 N–H and O–H groups in total. The van der Waals surface area contributed by atoms with Crippen LogP contribution in [0.15, 0.2) is 73.5 Å². The standard InChI is InChI=1S/C10H8O4.C6H6/c1-2-14-10(13)8-6-4-3-5-7(8)9(11)12;1-2-4-6-5-3-1/h2-6H,1H2,(H,11,12);1-6H. The zero-order valence-corrected chi connectivity index (χ0v) is 10.7. The second-order valence-electron chi connectivity index (χ2n) is 3.58. The van der Waals surface area contributed by atoms with E-state index in [1.165, 1.54) is 18.2 Å². The Kier molecular flexibility index (Phi) is 6.27. The topological polar surface area (TPSA) is 63.6 Å². The number of carbonyl (C=O) groups excluding carboxylic acids is 1. The third-order valence-corrected chi connectivity index (χ3v) is 2.23. The van der Waals surface area contributed by atoms with E-state index in [9.17, 15) is 9.59 Å². The second kappa shape index (κ2) is 8.26. The molecule has 0 atom stereocenters. The van der Waals surface area contributed by atoms with E-state index >= 15 is 0 Å². The molecule has 4 heteroatoms. The van der Waals surface area contributed by atoms with Gasteiger partial charge >= 0.3 is 11.9 Å². The molecule has 20 heavy (non-hydrogen) atoms. The van der Waals surface area contributed by atoms with E-state index in [-0.39, 0.29) is 11.1 Å². The first-order chi connectivity index (χ1) is 9.66. The summed E-state index contributed by atoms with van der Waals surface area (Å²) in [6.07, 6.45) is 0.959. The molecule has 0 saturated carbocycles. The SMILES string of the molecule is C=COC(=O)c1ccccc1C(=O)O.c1ccccc1. The van der Waals surface area contributed by atoms with Gasteiger partial charge in [-0.3, -0.25) is 0 Å². The molecule has 0 radical (unpaired) electrons. The highest BCUT2D eigenvalue weighted by Gasteiger charge is 2.15. The molecular formula is C16H14O4. The van der Waals surface area contributed by atoms with E-state index < -0.39 is 11.9 Å². The first-order valence-corrected chi connectivity index (χ1v) is 5.81. The highest BCUT2D eigenvalue weighted by atomic mass is 16.5. The van der Waals surface area contributed by atoms with Crippen molar-refractivity contribution < 1.29 is 19.4 Å². The lowest BCUT2D eigenvalue weighted by Crippen LogP contribution is -2.09. The van der Waals surface area contributed by atoms with Gasteiger partial charge in [-0.25, -0.2) is 9.59 Å². The molecule has 0 aromatic heterocycles. The van der Waals surface area contributed by atoms with Gasteiger partial charge in [0.25, 0.3) is 0 Å². The maximum absolute atomic E-state index is 11.2. The predicted molar refractivity (Wildman–Crippen MR) is 75.5 cm³/mol. The number of hydrogen-bond acceptors (Lipinski definition) is 3. The van der Waals surface area contributed by atoms with Crippen molar-refractivity contribution in [2.75, 3.05) is 0 Å². The monoisotopic (exact) mass is 270 g/mol. The summed E-state index contributed by atoms with van der Waals surface area (Å²) in [5.41, 5.74) is -0.0701. The lowest BCUT2D eigenvalue weighted by atomic mass is 10.1. The molecule has 0 aliphatic heterocycles. The van der Waals surface area contributed by atoms with Crippen LogP contribution in [0.2, 0.25) is 0 Å². The van der Waals surface area contributed by atoms with Crippen molar-refractivity contribution in [2.45, 2.75) is 0 Å². The second-order valence-corrected chi connectivity index (χ2v) is 3.58. The van der Waals surface area contributed by atoms with Crippen molar-refractivity contribution >= 4 is 11.9 Å². The maximum Gasteiger partial charge on any atom is 0.343 e. The third kappa shape index (κ3) is 4.78. The molecule has 2 rings (SSSR count). The van der Waals surface area contributed by atoms with Crippen molar-refractivity contribution in [1.82, 2.24) is 0 Å². The zero-order chi connectivity index (χ0) is 14.8. The van der Waals surface area contributed by atoms with Crippen LogP contribution in [-0.2, 0) is 4.74 Å². The summed E-state index contributed by atoms with van der Waals surface area (Å²) in [6.45, 7) is 3.21. The van der Waals surface area contributed by atoms with Crippen LogP contribution >= 0.6 is 0 Å². The lowest BCUT2D eigenvalue weighted by Gasteiger charge is -2.02. The van der Waals surface area contributed by atoms with Crippen LogP contribution in [0.1, 0.15) is 20.7 Å². The van der Waals surface area contributed by atoms with Crippen LogP contribution in [-0.4, -0.2) is 17.0 Å². The van der Waals surface area contributed by atoms with Crippen molar-refractivity contribution in [1.29, 1.82) is 0 Å². The number of rotatable bonds is 3. The fraction of sp³-hybridized carbons (Fsp3) is 0. The van der Waals surface area contributed by atoms with E-state index in [0.29, 0.717) is 0 Å². The number of carbonyl (C=O) groups is 2. The van der Waals surface area contributed by atoms with Crippen LogP contribution in [0.4, 0.5) is 0 Å². The average molecular weight is 270 g/mol. The van der Waals surface area contributed by atoms with Crippen LogP contribution in [0, 0.1) is 0 Å². The van der Waals surface area contributed by atoms with E-state index in [1.807, 2.05) is 36.4 Å². The molecule has 0 amide bonds. The zero-order valence-electron chi connectivity index (χ0n) is 10.7. The first kappa shape index (κ1) is 15.2. The van der Waals surface area contributed by atoms with Gasteiger partial charge in [0.15, 0.2) is 0 Å². The Labute approximate surface area is 116 Å². The van der Waals surface area contributed by atoms with Gasteiger partial charge in [-0.2, -0.15) is 0 Å². The van der Waals surface area contributed by atoms with Gasteiger partial charge in [0, 0.05) is 0 Å². The Morgan fingerprint density at radius 2 is 1.35 bits per heavy atom. The van der Waals surface area contributed by atoms with Gasteiger partial charge in [-0.15, -0.1) is 0 Å². The molecular weight excluding hydrogens is 256 g/mol. The Morgan fingerprint density at radius 1 is 0.900 bits per heavy atom. The van der Waals surface area contributed by atoms with E-state index in [0.717, 1.165) is 6.26 Å².